The van der Waals surface area contributed by atoms with Crippen LogP contribution in [0.25, 0.3) is 0 Å². The summed E-state index contributed by atoms with van der Waals surface area (Å²) in [7, 11) is -6.52. The van der Waals surface area contributed by atoms with E-state index in [1.807, 2.05) is 64.1 Å². The van der Waals surface area contributed by atoms with Crippen LogP contribution in [-0.4, -0.2) is 40.6 Å². The minimum absolute atomic E-state index is 0.0553. The van der Waals surface area contributed by atoms with E-state index in [1.54, 1.807) is 24.3 Å². The molecule has 0 fully saturated rings. The monoisotopic (exact) mass is 778 g/mol. The van der Waals surface area contributed by atoms with Crippen molar-refractivity contribution < 1.29 is 46.9 Å². The second-order valence-electron chi connectivity index (χ2n) is 13.5. The van der Waals surface area contributed by atoms with Gasteiger partial charge in [0.05, 0.1) is 26.4 Å². The van der Waals surface area contributed by atoms with E-state index in [1.165, 1.54) is 14.2 Å². The first-order valence-corrected chi connectivity index (χ1v) is 21.9. The van der Waals surface area contributed by atoms with Gasteiger partial charge in [0.1, 0.15) is 23.0 Å². The Morgan fingerprint density at radius 3 is 0.926 bits per heavy atom. The standard InChI is InChI=1S/C42H54O10P2/c1-7-17-49-39-29-13-11-14-30(39)22-34-26-38(54(45,46)48-6)28-36(42(34)52-20-10-4)24-32-16-12-15-31(40(32)50-18-8-2)23-35-27-37(53(43,44)47-5)25-33(21-29)41(35)51-19-9-3/h11-16,25-28H,7-10,17-24H2,1-6H3,(H,43,44)(H,45,46)/p-2. The molecule has 10 nitrogen and oxygen atoms in total. The predicted molar refractivity (Wildman–Crippen MR) is 209 cm³/mol. The van der Waals surface area contributed by atoms with Gasteiger partial charge in [-0.1, -0.05) is 64.1 Å². The van der Waals surface area contributed by atoms with Crippen molar-refractivity contribution in [2.24, 2.45) is 0 Å². The van der Waals surface area contributed by atoms with Crippen LogP contribution >= 0.6 is 15.2 Å². The van der Waals surface area contributed by atoms with Crippen LogP contribution in [0.3, 0.4) is 0 Å². The second-order valence-corrected chi connectivity index (χ2v) is 17.2. The van der Waals surface area contributed by atoms with E-state index in [-0.39, 0.29) is 10.6 Å². The van der Waals surface area contributed by atoms with Crippen LogP contribution in [0.5, 0.6) is 23.0 Å². The first-order valence-electron chi connectivity index (χ1n) is 18.8. The Hall–Kier alpha value is -3.62. The summed E-state index contributed by atoms with van der Waals surface area (Å²) >= 11 is 0. The van der Waals surface area contributed by atoms with Gasteiger partial charge in [-0.25, -0.2) is 0 Å². The van der Waals surface area contributed by atoms with Gasteiger partial charge in [0, 0.05) is 50.5 Å². The van der Waals surface area contributed by atoms with Crippen LogP contribution in [0.2, 0.25) is 0 Å². The molecule has 0 aliphatic heterocycles. The normalized spacial score (nSPS) is 14.8. The fourth-order valence-electron chi connectivity index (χ4n) is 6.74. The maximum absolute atomic E-state index is 13.4. The van der Waals surface area contributed by atoms with E-state index in [0.717, 1.165) is 47.9 Å². The quantitative estimate of drug-likeness (QED) is 0.0949. The molecule has 2 atom stereocenters. The highest BCUT2D eigenvalue weighted by Gasteiger charge is 2.26. The fourth-order valence-corrected chi connectivity index (χ4v) is 8.41. The number of rotatable bonds is 16. The summed E-state index contributed by atoms with van der Waals surface area (Å²) in [5.41, 5.74) is 5.98. The molecule has 0 amide bonds. The van der Waals surface area contributed by atoms with Gasteiger partial charge in [0.15, 0.2) is 15.2 Å². The topological polar surface area (TPSA) is 136 Å². The number of hydrogen-bond acceptors (Lipinski definition) is 10. The summed E-state index contributed by atoms with van der Waals surface area (Å²) in [4.78, 5) is 26.7. The largest absolute Gasteiger partial charge is 0.775 e. The number of benzene rings is 4. The number of fused-ring (bicyclic) bond motifs is 8. The van der Waals surface area contributed by atoms with Gasteiger partial charge in [-0.05, 0) is 94.5 Å². The van der Waals surface area contributed by atoms with Gasteiger partial charge in [0.25, 0.3) is 0 Å². The lowest BCUT2D eigenvalue weighted by Gasteiger charge is -2.27. The van der Waals surface area contributed by atoms with Crippen LogP contribution in [0.15, 0.2) is 60.7 Å². The first kappa shape index (κ1) is 41.5. The van der Waals surface area contributed by atoms with E-state index in [0.29, 0.717) is 97.4 Å². The number of ether oxygens (including phenoxy) is 4. The molecular weight excluding hydrogens is 726 g/mol. The van der Waals surface area contributed by atoms with Crippen molar-refractivity contribution in [2.45, 2.75) is 79.1 Å². The smallest absolute Gasteiger partial charge is 0.164 e. The highest BCUT2D eigenvalue weighted by atomic mass is 31.2. The third kappa shape index (κ3) is 9.60. The number of hydrogen-bond donors (Lipinski definition) is 0. The molecule has 0 heterocycles. The molecule has 0 saturated heterocycles. The van der Waals surface area contributed by atoms with E-state index < -0.39 is 15.2 Å². The maximum Gasteiger partial charge on any atom is 0.164 e. The molecule has 4 aromatic carbocycles. The Bertz CT molecular complexity index is 1780. The average Bonchev–Trinajstić information content (AvgIpc) is 3.16. The van der Waals surface area contributed by atoms with Crippen molar-refractivity contribution in [2.75, 3.05) is 40.6 Å². The lowest BCUT2D eigenvalue weighted by atomic mass is 9.91. The van der Waals surface area contributed by atoms with Crippen LogP contribution in [0, 0.1) is 0 Å². The Labute approximate surface area is 319 Å². The van der Waals surface area contributed by atoms with E-state index in [9.17, 15) is 18.9 Å². The average molecular weight is 779 g/mol. The molecule has 0 aromatic heterocycles. The molecule has 292 valence electrons. The molecule has 5 rings (SSSR count). The molecule has 1 aliphatic carbocycles. The van der Waals surface area contributed by atoms with Gasteiger partial charge in [-0.2, -0.15) is 0 Å². The molecule has 8 bridgehead atoms. The maximum atomic E-state index is 13.4. The molecular formula is C42H52O10P2-2. The molecule has 0 N–H and O–H groups in total. The van der Waals surface area contributed by atoms with Crippen LogP contribution < -0.4 is 39.3 Å². The van der Waals surface area contributed by atoms with Gasteiger partial charge < -0.3 is 46.9 Å². The zero-order chi connectivity index (χ0) is 38.9. The highest BCUT2D eigenvalue weighted by Crippen LogP contribution is 2.43. The minimum Gasteiger partial charge on any atom is -0.775 e. The van der Waals surface area contributed by atoms with Gasteiger partial charge >= 0.3 is 0 Å². The minimum atomic E-state index is -4.43. The summed E-state index contributed by atoms with van der Waals surface area (Å²) < 4.78 is 62.8. The Morgan fingerprint density at radius 1 is 0.463 bits per heavy atom. The van der Waals surface area contributed by atoms with Crippen LogP contribution in [0.4, 0.5) is 0 Å². The number of para-hydroxylation sites is 2. The highest BCUT2D eigenvalue weighted by molar-refractivity contribution is 7.60. The third-order valence-corrected chi connectivity index (χ3v) is 12.0. The Balaban J connectivity index is 1.89. The summed E-state index contributed by atoms with van der Waals surface area (Å²) in [6, 6.07) is 18.3. The lowest BCUT2D eigenvalue weighted by Crippen LogP contribution is -2.20. The van der Waals surface area contributed by atoms with E-state index in [2.05, 4.69) is 0 Å². The van der Waals surface area contributed by atoms with Gasteiger partial charge in [-0.15, -0.1) is 0 Å². The van der Waals surface area contributed by atoms with Crippen LogP contribution in [-0.2, 0) is 43.9 Å². The van der Waals surface area contributed by atoms with Crippen LogP contribution in [0.1, 0.15) is 97.9 Å². The lowest BCUT2D eigenvalue weighted by molar-refractivity contribution is -0.192. The Morgan fingerprint density at radius 2 is 0.704 bits per heavy atom. The molecule has 4 aromatic rings. The summed E-state index contributed by atoms with van der Waals surface area (Å²) in [6.45, 7) is 9.85. The van der Waals surface area contributed by atoms with Crippen molar-refractivity contribution >= 4 is 25.8 Å². The van der Waals surface area contributed by atoms with Crippen molar-refractivity contribution in [3.63, 3.8) is 0 Å². The van der Waals surface area contributed by atoms with E-state index >= 15 is 0 Å². The molecule has 54 heavy (non-hydrogen) atoms. The summed E-state index contributed by atoms with van der Waals surface area (Å²) in [5, 5.41) is 0.111. The molecule has 0 saturated carbocycles. The predicted octanol–water partition coefficient (Wildman–Crippen LogP) is 7.17. The second kappa shape index (κ2) is 18.8. The van der Waals surface area contributed by atoms with Gasteiger partial charge in [0.2, 0.25) is 0 Å². The first-order chi connectivity index (χ1) is 26.0. The van der Waals surface area contributed by atoms with Gasteiger partial charge in [-0.3, -0.25) is 0 Å². The van der Waals surface area contributed by atoms with Crippen molar-refractivity contribution in [3.8, 4) is 23.0 Å². The molecule has 1 aliphatic rings. The Kier molecular flexibility index (Phi) is 14.5. The summed E-state index contributed by atoms with van der Waals surface area (Å²) in [6.07, 6.45) is 4.17. The van der Waals surface area contributed by atoms with Crippen molar-refractivity contribution in [1.29, 1.82) is 0 Å². The van der Waals surface area contributed by atoms with Crippen molar-refractivity contribution in [1.82, 2.24) is 0 Å². The third-order valence-electron chi connectivity index (χ3n) is 9.25. The molecule has 2 unspecified atom stereocenters. The molecule has 12 heteroatoms. The summed E-state index contributed by atoms with van der Waals surface area (Å²) in [5.74, 6) is 2.50. The zero-order valence-electron chi connectivity index (χ0n) is 32.2. The SMILES string of the molecule is CCCOc1c2cccc1Cc1cc(P(=O)([O-])OC)cc(c1OCCC)Cc1cccc(c1OCCC)Cc1cc(P(=O)([O-])OC)cc(c1OCCC)C2. The molecule has 0 spiro atoms. The zero-order valence-corrected chi connectivity index (χ0v) is 34.0. The molecule has 0 radical (unpaired) electrons. The fraction of sp³-hybridized carbons (Fsp3) is 0.429. The van der Waals surface area contributed by atoms with E-state index in [4.69, 9.17) is 28.0 Å². The van der Waals surface area contributed by atoms with Crippen molar-refractivity contribution in [3.05, 3.63) is 105 Å².